The Balaban J connectivity index is 1.42. The molecule has 7 nitrogen and oxygen atoms in total. The Morgan fingerprint density at radius 2 is 1.97 bits per heavy atom. The van der Waals surface area contributed by atoms with Gasteiger partial charge >= 0.3 is 6.18 Å². The van der Waals surface area contributed by atoms with E-state index in [1.165, 1.54) is 4.90 Å². The van der Waals surface area contributed by atoms with Crippen molar-refractivity contribution in [3.8, 4) is 11.3 Å². The molecule has 1 unspecified atom stereocenters. The molecule has 1 atom stereocenters. The molecule has 0 spiro atoms. The van der Waals surface area contributed by atoms with Crippen LogP contribution in [-0.2, 0) is 17.8 Å². The minimum absolute atomic E-state index is 0.0238. The Labute approximate surface area is 194 Å². The van der Waals surface area contributed by atoms with Crippen molar-refractivity contribution < 1.29 is 18.0 Å². The summed E-state index contributed by atoms with van der Waals surface area (Å²) in [5.41, 5.74) is 8.05. The lowest BCUT2D eigenvalue weighted by atomic mass is 9.96. The number of carbonyl (C=O) groups excluding carboxylic acids is 1. The molecule has 2 aromatic heterocycles. The smallest absolute Gasteiger partial charge is 0.360 e. The molecule has 10 heteroatoms. The van der Waals surface area contributed by atoms with Crippen LogP contribution in [-0.4, -0.2) is 57.6 Å². The van der Waals surface area contributed by atoms with E-state index in [1.54, 1.807) is 0 Å². The van der Waals surface area contributed by atoms with Crippen LogP contribution < -0.4 is 10.6 Å². The van der Waals surface area contributed by atoms with Crippen molar-refractivity contribution in [3.63, 3.8) is 0 Å². The van der Waals surface area contributed by atoms with E-state index < -0.39 is 17.5 Å². The summed E-state index contributed by atoms with van der Waals surface area (Å²) < 4.78 is 40.8. The lowest BCUT2D eigenvalue weighted by Gasteiger charge is -2.33. The molecule has 6 rings (SSSR count). The zero-order valence-corrected chi connectivity index (χ0v) is 18.5. The minimum atomic E-state index is -4.53. The van der Waals surface area contributed by atoms with Gasteiger partial charge in [-0.3, -0.25) is 4.79 Å². The van der Waals surface area contributed by atoms with E-state index in [1.807, 2.05) is 35.4 Å². The maximum Gasteiger partial charge on any atom is 0.403 e. The normalized spacial score (nSPS) is 21.7. The van der Waals surface area contributed by atoms with Gasteiger partial charge in [-0.15, -0.1) is 0 Å². The molecule has 3 N–H and O–H groups in total. The first-order valence-electron chi connectivity index (χ1n) is 11.6. The number of halogens is 3. The fourth-order valence-electron chi connectivity index (χ4n) is 5.24. The summed E-state index contributed by atoms with van der Waals surface area (Å²) in [5, 5.41) is 1.01. The number of fused-ring (bicyclic) bond motifs is 2. The van der Waals surface area contributed by atoms with Crippen molar-refractivity contribution in [2.24, 2.45) is 11.1 Å². The molecule has 4 heterocycles. The minimum Gasteiger partial charge on any atom is -0.360 e. The monoisotopic (exact) mass is 470 g/mol. The zero-order valence-electron chi connectivity index (χ0n) is 18.5. The maximum absolute atomic E-state index is 13.6. The van der Waals surface area contributed by atoms with E-state index in [0.29, 0.717) is 31.2 Å². The molecule has 178 valence electrons. The van der Waals surface area contributed by atoms with Crippen LogP contribution >= 0.6 is 0 Å². The summed E-state index contributed by atoms with van der Waals surface area (Å²) in [6, 6.07) is 7.93. The highest BCUT2D eigenvalue weighted by atomic mass is 19.4. The number of nitrogens with zero attached hydrogens (tertiary/aromatic N) is 4. The van der Waals surface area contributed by atoms with Gasteiger partial charge in [0.25, 0.3) is 0 Å². The molecule has 1 aromatic carbocycles. The van der Waals surface area contributed by atoms with Crippen LogP contribution in [0.5, 0.6) is 0 Å². The van der Waals surface area contributed by atoms with Gasteiger partial charge in [-0.25, -0.2) is 9.97 Å². The number of nitrogens with two attached hydrogens (primary N) is 1. The van der Waals surface area contributed by atoms with Gasteiger partial charge in [0.2, 0.25) is 11.9 Å². The van der Waals surface area contributed by atoms with Crippen LogP contribution in [0.15, 0.2) is 30.5 Å². The van der Waals surface area contributed by atoms with E-state index in [4.69, 9.17) is 15.7 Å². The lowest BCUT2D eigenvalue weighted by molar-refractivity contribution is -0.199. The number of carbonyl (C=O) groups is 1. The quantitative estimate of drug-likeness (QED) is 0.613. The van der Waals surface area contributed by atoms with Crippen molar-refractivity contribution in [2.75, 3.05) is 24.5 Å². The van der Waals surface area contributed by atoms with Gasteiger partial charge in [-0.1, -0.05) is 18.2 Å². The first-order chi connectivity index (χ1) is 16.3. The van der Waals surface area contributed by atoms with Crippen molar-refractivity contribution in [3.05, 3.63) is 41.7 Å². The third kappa shape index (κ3) is 3.26. The summed E-state index contributed by atoms with van der Waals surface area (Å²) in [6.07, 6.45) is -1.67. The molecule has 3 aliphatic rings. The molecule has 2 fully saturated rings. The molecule has 2 aliphatic heterocycles. The standard InChI is InChI=1S/C24H25F3N6O/c25-24(26,27)23(7-8-23)21(34)32-10-6-16-19(13-32)30-22(33-9-5-14(28)12-33)31-20(16)17-11-29-18-4-2-1-3-15(17)18/h1-4,11,14,29H,5-10,12-13,28H2. The van der Waals surface area contributed by atoms with E-state index in [9.17, 15) is 18.0 Å². The van der Waals surface area contributed by atoms with Gasteiger partial charge < -0.3 is 20.5 Å². The summed E-state index contributed by atoms with van der Waals surface area (Å²) in [6.45, 7) is 1.60. The maximum atomic E-state index is 13.6. The third-order valence-electron chi connectivity index (χ3n) is 7.39. The fourth-order valence-corrected chi connectivity index (χ4v) is 5.24. The molecule has 0 bridgehead atoms. The summed E-state index contributed by atoms with van der Waals surface area (Å²) in [5.74, 6) is -0.319. The van der Waals surface area contributed by atoms with Crippen LogP contribution in [0.1, 0.15) is 30.5 Å². The topological polar surface area (TPSA) is 91.1 Å². The highest BCUT2D eigenvalue weighted by Crippen LogP contribution is 2.59. The number of nitrogens with one attached hydrogen (secondary N) is 1. The number of aromatic amines is 1. The number of hydrogen-bond donors (Lipinski definition) is 2. The summed E-state index contributed by atoms with van der Waals surface area (Å²) in [4.78, 5) is 29.2. The Morgan fingerprint density at radius 3 is 2.68 bits per heavy atom. The highest BCUT2D eigenvalue weighted by molar-refractivity contribution is 5.95. The van der Waals surface area contributed by atoms with Crippen LogP contribution in [0, 0.1) is 5.41 Å². The number of amides is 1. The second-order valence-corrected chi connectivity index (χ2v) is 9.60. The Morgan fingerprint density at radius 1 is 1.18 bits per heavy atom. The Bertz CT molecular complexity index is 1280. The molecular formula is C24H25F3N6O. The van der Waals surface area contributed by atoms with Crippen molar-refractivity contribution >= 4 is 22.8 Å². The average Bonchev–Trinajstić information content (AvgIpc) is 3.37. The van der Waals surface area contributed by atoms with Gasteiger partial charge in [-0.2, -0.15) is 13.2 Å². The van der Waals surface area contributed by atoms with E-state index in [0.717, 1.165) is 34.1 Å². The van der Waals surface area contributed by atoms with Crippen molar-refractivity contribution in [1.82, 2.24) is 19.9 Å². The van der Waals surface area contributed by atoms with Crippen LogP contribution in [0.4, 0.5) is 19.1 Å². The van der Waals surface area contributed by atoms with Gasteiger partial charge in [0.15, 0.2) is 0 Å². The molecule has 3 aromatic rings. The van der Waals surface area contributed by atoms with Gasteiger partial charge in [0.1, 0.15) is 5.41 Å². The lowest BCUT2D eigenvalue weighted by Crippen LogP contribution is -2.46. The Kier molecular flexibility index (Phi) is 4.68. The van der Waals surface area contributed by atoms with Gasteiger partial charge in [-0.05, 0) is 31.7 Å². The van der Waals surface area contributed by atoms with Gasteiger partial charge in [0.05, 0.1) is 17.9 Å². The SMILES string of the molecule is NC1CCN(c2nc3c(c(-c4c[nH]c5ccccc45)n2)CCN(C(=O)C2(C(F)(F)F)CC2)C3)C1. The molecule has 1 amide bonds. The number of benzene rings is 1. The number of anilines is 1. The zero-order chi connectivity index (χ0) is 23.7. The molecule has 1 aliphatic carbocycles. The fraction of sp³-hybridized carbons (Fsp3) is 0.458. The number of aromatic nitrogens is 3. The predicted octanol–water partition coefficient (Wildman–Crippen LogP) is 3.39. The number of H-pyrrole nitrogens is 1. The number of para-hydroxylation sites is 1. The average molecular weight is 470 g/mol. The van der Waals surface area contributed by atoms with Gasteiger partial charge in [0, 0.05) is 53.9 Å². The van der Waals surface area contributed by atoms with Crippen LogP contribution in [0.2, 0.25) is 0 Å². The summed E-state index contributed by atoms with van der Waals surface area (Å²) >= 11 is 0. The number of rotatable bonds is 3. The second kappa shape index (κ2) is 7.43. The first-order valence-corrected chi connectivity index (χ1v) is 11.6. The molecule has 1 saturated carbocycles. The van der Waals surface area contributed by atoms with E-state index >= 15 is 0 Å². The second-order valence-electron chi connectivity index (χ2n) is 9.60. The number of alkyl halides is 3. The predicted molar refractivity (Wildman–Crippen MR) is 121 cm³/mol. The molecule has 34 heavy (non-hydrogen) atoms. The third-order valence-corrected chi connectivity index (χ3v) is 7.39. The van der Waals surface area contributed by atoms with Crippen LogP contribution in [0.25, 0.3) is 22.2 Å². The molecule has 1 saturated heterocycles. The Hall–Kier alpha value is -3.14. The summed E-state index contributed by atoms with van der Waals surface area (Å²) in [7, 11) is 0. The van der Waals surface area contributed by atoms with Crippen molar-refractivity contribution in [2.45, 2.75) is 44.4 Å². The van der Waals surface area contributed by atoms with Crippen molar-refractivity contribution in [1.29, 1.82) is 0 Å². The highest BCUT2D eigenvalue weighted by Gasteiger charge is 2.69. The number of hydrogen-bond acceptors (Lipinski definition) is 5. The molecule has 0 radical (unpaired) electrons. The van der Waals surface area contributed by atoms with E-state index in [-0.39, 0.29) is 32.0 Å². The first kappa shape index (κ1) is 21.4. The van der Waals surface area contributed by atoms with Crippen LogP contribution in [0.3, 0.4) is 0 Å². The largest absolute Gasteiger partial charge is 0.403 e. The molecular weight excluding hydrogens is 445 g/mol. The van der Waals surface area contributed by atoms with E-state index in [2.05, 4.69) is 4.98 Å².